The minimum Gasteiger partial charge on any atom is -0.342 e. The summed E-state index contributed by atoms with van der Waals surface area (Å²) in [4.78, 5) is 12.8. The summed E-state index contributed by atoms with van der Waals surface area (Å²) in [5.74, 6) is 1.16. The van der Waals surface area contributed by atoms with Gasteiger partial charge >= 0.3 is 0 Å². The largest absolute Gasteiger partial charge is 0.342 e. The van der Waals surface area contributed by atoms with Gasteiger partial charge in [-0.2, -0.15) is 0 Å². The molecule has 2 aromatic carbocycles. The van der Waals surface area contributed by atoms with Gasteiger partial charge in [0.1, 0.15) is 0 Å². The first-order valence-corrected chi connectivity index (χ1v) is 11.4. The Bertz CT molecular complexity index is 1050. The van der Waals surface area contributed by atoms with Crippen molar-refractivity contribution in [1.82, 2.24) is 20.1 Å². The Morgan fingerprint density at radius 3 is 2.50 bits per heavy atom. The van der Waals surface area contributed by atoms with Crippen molar-refractivity contribution in [2.45, 2.75) is 30.8 Å². The SMILES string of the molecule is CC(C)[C@@H](NC(=O)c1ccccc1Cl)c1nnc(SCc2ccc(Cl)cc2Cl)n1C. The van der Waals surface area contributed by atoms with Crippen LogP contribution < -0.4 is 5.32 Å². The lowest BCUT2D eigenvalue weighted by Gasteiger charge is -2.22. The highest BCUT2D eigenvalue weighted by Gasteiger charge is 2.26. The maximum absolute atomic E-state index is 12.8. The van der Waals surface area contributed by atoms with E-state index >= 15 is 0 Å². The standard InChI is InChI=1S/C21H21Cl3N4OS/c1-12(2)18(25-20(29)15-6-4-5-7-16(15)23)19-26-27-21(28(19)3)30-11-13-8-9-14(22)10-17(13)24/h4-10,12,18H,11H2,1-3H3,(H,25,29)/t18-/m1/s1. The highest BCUT2D eigenvalue weighted by Crippen LogP contribution is 2.30. The minimum atomic E-state index is -0.320. The Kier molecular flexibility index (Phi) is 7.69. The number of hydrogen-bond donors (Lipinski definition) is 1. The number of nitrogens with one attached hydrogen (secondary N) is 1. The number of halogens is 3. The van der Waals surface area contributed by atoms with Crippen LogP contribution in [0.5, 0.6) is 0 Å². The van der Waals surface area contributed by atoms with Crippen molar-refractivity contribution in [3.8, 4) is 0 Å². The second-order valence-corrected chi connectivity index (χ2v) is 9.29. The molecule has 5 nitrogen and oxygen atoms in total. The second kappa shape index (κ2) is 10.1. The highest BCUT2D eigenvalue weighted by molar-refractivity contribution is 7.98. The Morgan fingerprint density at radius 2 is 1.83 bits per heavy atom. The predicted molar refractivity (Wildman–Crippen MR) is 124 cm³/mol. The van der Waals surface area contributed by atoms with Crippen molar-refractivity contribution in [3.63, 3.8) is 0 Å². The molecule has 0 radical (unpaired) electrons. The van der Waals surface area contributed by atoms with Crippen LogP contribution >= 0.6 is 46.6 Å². The molecule has 158 valence electrons. The summed E-state index contributed by atoms with van der Waals surface area (Å²) in [5.41, 5.74) is 1.39. The van der Waals surface area contributed by atoms with Gasteiger partial charge in [-0.05, 0) is 35.7 Å². The number of carbonyl (C=O) groups excluding carboxylic acids is 1. The zero-order valence-corrected chi connectivity index (χ0v) is 19.8. The van der Waals surface area contributed by atoms with Crippen LogP contribution in [0.25, 0.3) is 0 Å². The van der Waals surface area contributed by atoms with E-state index in [1.54, 1.807) is 30.3 Å². The molecule has 0 bridgehead atoms. The van der Waals surface area contributed by atoms with Crippen LogP contribution in [0.2, 0.25) is 15.1 Å². The van der Waals surface area contributed by atoms with Crippen molar-refractivity contribution in [3.05, 3.63) is 74.5 Å². The molecule has 0 saturated heterocycles. The number of carbonyl (C=O) groups is 1. The summed E-state index contributed by atoms with van der Waals surface area (Å²) in [7, 11) is 1.89. The van der Waals surface area contributed by atoms with E-state index in [1.807, 2.05) is 37.6 Å². The van der Waals surface area contributed by atoms with Gasteiger partial charge in [0.2, 0.25) is 0 Å². The van der Waals surface area contributed by atoms with E-state index < -0.39 is 0 Å². The molecular weight excluding hydrogens is 463 g/mol. The monoisotopic (exact) mass is 482 g/mol. The molecule has 3 aromatic rings. The van der Waals surface area contributed by atoms with Gasteiger partial charge in [0.05, 0.1) is 16.6 Å². The first-order chi connectivity index (χ1) is 14.3. The number of nitrogens with zero attached hydrogens (tertiary/aromatic N) is 3. The fraction of sp³-hybridized carbons (Fsp3) is 0.286. The summed E-state index contributed by atoms with van der Waals surface area (Å²) in [5, 5.41) is 14.1. The average Bonchev–Trinajstić information content (AvgIpc) is 3.05. The van der Waals surface area contributed by atoms with Crippen molar-refractivity contribution < 1.29 is 4.79 Å². The summed E-state index contributed by atoms with van der Waals surface area (Å²) in [6.45, 7) is 4.04. The molecule has 0 aliphatic heterocycles. The molecule has 1 amide bonds. The van der Waals surface area contributed by atoms with Gasteiger partial charge in [-0.25, -0.2) is 0 Å². The number of amides is 1. The molecular formula is C21H21Cl3N4OS. The molecule has 1 aromatic heterocycles. The van der Waals surface area contributed by atoms with E-state index in [-0.39, 0.29) is 17.9 Å². The van der Waals surface area contributed by atoms with E-state index in [0.29, 0.717) is 32.2 Å². The zero-order valence-electron chi connectivity index (χ0n) is 16.7. The van der Waals surface area contributed by atoms with Crippen molar-refractivity contribution in [1.29, 1.82) is 0 Å². The van der Waals surface area contributed by atoms with Gasteiger partial charge < -0.3 is 9.88 Å². The van der Waals surface area contributed by atoms with Gasteiger partial charge in [0.15, 0.2) is 11.0 Å². The lowest BCUT2D eigenvalue weighted by atomic mass is 10.0. The predicted octanol–water partition coefficient (Wildman–Crippen LogP) is 6.19. The molecule has 0 spiro atoms. The van der Waals surface area contributed by atoms with Gasteiger partial charge in [-0.3, -0.25) is 4.79 Å². The van der Waals surface area contributed by atoms with Crippen LogP contribution in [0.15, 0.2) is 47.6 Å². The van der Waals surface area contributed by atoms with Gasteiger partial charge in [-0.1, -0.05) is 78.6 Å². The molecule has 30 heavy (non-hydrogen) atoms. The normalized spacial score (nSPS) is 12.2. The first kappa shape index (κ1) is 22.9. The Hall–Kier alpha value is -1.73. The molecule has 3 rings (SSSR count). The van der Waals surface area contributed by atoms with Gasteiger partial charge in [0.25, 0.3) is 5.91 Å². The second-order valence-electron chi connectivity index (χ2n) is 7.10. The Morgan fingerprint density at radius 1 is 1.10 bits per heavy atom. The highest BCUT2D eigenvalue weighted by atomic mass is 35.5. The Labute approximate surface area is 195 Å². The van der Waals surface area contributed by atoms with Crippen LogP contribution in [-0.4, -0.2) is 20.7 Å². The van der Waals surface area contributed by atoms with Gasteiger partial charge in [-0.15, -0.1) is 10.2 Å². The van der Waals surface area contributed by atoms with Crippen LogP contribution in [0.1, 0.15) is 41.6 Å². The van der Waals surface area contributed by atoms with Crippen molar-refractivity contribution >= 4 is 52.5 Å². The number of aromatic nitrogens is 3. The van der Waals surface area contributed by atoms with E-state index in [4.69, 9.17) is 34.8 Å². The lowest BCUT2D eigenvalue weighted by Crippen LogP contribution is -2.33. The molecule has 0 aliphatic rings. The molecule has 9 heteroatoms. The van der Waals surface area contributed by atoms with Crippen LogP contribution in [0, 0.1) is 5.92 Å². The van der Waals surface area contributed by atoms with Crippen LogP contribution in [0.4, 0.5) is 0 Å². The fourth-order valence-corrected chi connectivity index (χ4v) is 4.60. The summed E-state index contributed by atoms with van der Waals surface area (Å²) < 4.78 is 1.89. The summed E-state index contributed by atoms with van der Waals surface area (Å²) in [6.07, 6.45) is 0. The smallest absolute Gasteiger partial charge is 0.253 e. The lowest BCUT2D eigenvalue weighted by molar-refractivity contribution is 0.0922. The third kappa shape index (κ3) is 5.30. The Balaban J connectivity index is 1.77. The number of hydrogen-bond acceptors (Lipinski definition) is 4. The third-order valence-electron chi connectivity index (χ3n) is 4.59. The molecule has 1 N–H and O–H groups in total. The maximum Gasteiger partial charge on any atom is 0.253 e. The molecule has 1 heterocycles. The number of rotatable bonds is 7. The molecule has 1 atom stereocenters. The minimum absolute atomic E-state index is 0.0999. The van der Waals surface area contributed by atoms with E-state index in [9.17, 15) is 4.79 Å². The van der Waals surface area contributed by atoms with Gasteiger partial charge in [0, 0.05) is 22.8 Å². The zero-order chi connectivity index (χ0) is 21.8. The number of thioether (sulfide) groups is 1. The quantitative estimate of drug-likeness (QED) is 0.407. The first-order valence-electron chi connectivity index (χ1n) is 9.29. The van der Waals surface area contributed by atoms with E-state index in [0.717, 1.165) is 10.7 Å². The third-order valence-corrected chi connectivity index (χ3v) is 6.58. The molecule has 0 fully saturated rings. The summed E-state index contributed by atoms with van der Waals surface area (Å²) >= 11 is 19.9. The van der Waals surface area contributed by atoms with E-state index in [2.05, 4.69) is 15.5 Å². The van der Waals surface area contributed by atoms with Crippen molar-refractivity contribution in [2.75, 3.05) is 0 Å². The van der Waals surface area contributed by atoms with Crippen LogP contribution in [-0.2, 0) is 12.8 Å². The average molecular weight is 484 g/mol. The van der Waals surface area contributed by atoms with Crippen LogP contribution in [0.3, 0.4) is 0 Å². The van der Waals surface area contributed by atoms with Crippen molar-refractivity contribution in [2.24, 2.45) is 13.0 Å². The summed E-state index contributed by atoms with van der Waals surface area (Å²) in [6, 6.07) is 12.1. The van der Waals surface area contributed by atoms with E-state index in [1.165, 1.54) is 11.8 Å². The molecule has 0 unspecified atom stereocenters. The fourth-order valence-electron chi connectivity index (χ4n) is 2.90. The topological polar surface area (TPSA) is 59.8 Å². The number of benzene rings is 2. The maximum atomic E-state index is 12.8. The molecule has 0 saturated carbocycles. The molecule has 0 aliphatic carbocycles.